The van der Waals surface area contributed by atoms with Crippen molar-refractivity contribution < 1.29 is 27.4 Å². The summed E-state index contributed by atoms with van der Waals surface area (Å²) in [7, 11) is 1.18. The van der Waals surface area contributed by atoms with Crippen LogP contribution >= 0.6 is 0 Å². The summed E-state index contributed by atoms with van der Waals surface area (Å²) < 4.78 is 49.8. The number of carbonyl (C=O) groups excluding carboxylic acids is 1. The molecule has 0 radical (unpaired) electrons. The molecule has 0 atom stereocenters. The van der Waals surface area contributed by atoms with Crippen molar-refractivity contribution in [3.8, 4) is 0 Å². The van der Waals surface area contributed by atoms with E-state index in [0.29, 0.717) is 19.6 Å². The molecule has 1 N–H and O–H groups in total. The Bertz CT molecular complexity index is 609. The van der Waals surface area contributed by atoms with Crippen LogP contribution in [0, 0.1) is 0 Å². The molecule has 0 bridgehead atoms. The summed E-state index contributed by atoms with van der Waals surface area (Å²) in [6.45, 7) is 2.43. The first-order chi connectivity index (χ1) is 10.4. The number of benzene rings is 1. The maximum absolute atomic E-state index is 13.3. The number of alkyl halides is 3. The largest absolute Gasteiger partial charge is 0.493 e. The number of nitrogens with one attached hydrogen (secondary N) is 1. The number of hydrogen-bond acceptors (Lipinski definition) is 4. The molecule has 0 spiro atoms. The van der Waals surface area contributed by atoms with Gasteiger partial charge in [-0.25, -0.2) is 4.79 Å². The fraction of sp³-hybridized carbons (Fsp3) is 0.400. The van der Waals surface area contributed by atoms with Crippen molar-refractivity contribution in [2.24, 2.45) is 0 Å². The van der Waals surface area contributed by atoms with Gasteiger partial charge < -0.3 is 14.8 Å². The van der Waals surface area contributed by atoms with Gasteiger partial charge in [-0.3, -0.25) is 0 Å². The van der Waals surface area contributed by atoms with E-state index < -0.39 is 17.7 Å². The average Bonchev–Trinajstić information content (AvgIpc) is 2.99. The van der Waals surface area contributed by atoms with Gasteiger partial charge in [-0.15, -0.1) is 0 Å². The fourth-order valence-electron chi connectivity index (χ4n) is 2.26. The fourth-order valence-corrected chi connectivity index (χ4v) is 2.26. The van der Waals surface area contributed by atoms with Gasteiger partial charge in [0.15, 0.2) is 0 Å². The summed E-state index contributed by atoms with van der Waals surface area (Å²) in [6, 6.07) is 2.09. The maximum atomic E-state index is 13.3. The number of methoxy groups -OCH3 is 1. The third-order valence-corrected chi connectivity index (χ3v) is 3.21. The Morgan fingerprint density at radius 1 is 1.41 bits per heavy atom. The van der Waals surface area contributed by atoms with Crippen molar-refractivity contribution in [3.05, 3.63) is 34.9 Å². The predicted octanol–water partition coefficient (Wildman–Crippen LogP) is 3.69. The van der Waals surface area contributed by atoms with Gasteiger partial charge in [-0.2, -0.15) is 13.2 Å². The van der Waals surface area contributed by atoms with Crippen molar-refractivity contribution >= 4 is 17.4 Å². The van der Waals surface area contributed by atoms with Gasteiger partial charge in [0, 0.05) is 24.2 Å². The van der Waals surface area contributed by atoms with Gasteiger partial charge in [-0.1, -0.05) is 0 Å². The molecule has 0 aliphatic carbocycles. The molecule has 0 unspecified atom stereocenters. The van der Waals surface area contributed by atoms with Crippen LogP contribution < -0.4 is 5.32 Å². The number of anilines is 1. The lowest BCUT2D eigenvalue weighted by Crippen LogP contribution is -2.15. The zero-order valence-corrected chi connectivity index (χ0v) is 12.2. The second-order valence-electron chi connectivity index (χ2n) is 4.67. The lowest BCUT2D eigenvalue weighted by molar-refractivity contribution is -0.137. The molecule has 2 rings (SSSR count). The molecule has 22 heavy (non-hydrogen) atoms. The van der Waals surface area contributed by atoms with E-state index in [1.165, 1.54) is 13.2 Å². The minimum absolute atomic E-state index is 0.0451. The van der Waals surface area contributed by atoms with Crippen molar-refractivity contribution in [2.75, 3.05) is 25.6 Å². The van der Waals surface area contributed by atoms with E-state index in [0.717, 1.165) is 6.07 Å². The third-order valence-electron chi connectivity index (χ3n) is 3.21. The molecule has 4 nitrogen and oxygen atoms in total. The topological polar surface area (TPSA) is 47.6 Å². The predicted molar refractivity (Wildman–Crippen MR) is 75.5 cm³/mol. The van der Waals surface area contributed by atoms with E-state index in [1.54, 1.807) is 13.0 Å². The molecule has 1 aliphatic heterocycles. The Hall–Kier alpha value is -2.18. The van der Waals surface area contributed by atoms with Crippen LogP contribution in [0.1, 0.15) is 34.8 Å². The van der Waals surface area contributed by atoms with Gasteiger partial charge in [0.2, 0.25) is 0 Å². The molecule has 0 fully saturated rings. The molecule has 0 aromatic heterocycles. The van der Waals surface area contributed by atoms with Crippen LogP contribution in [0.3, 0.4) is 0 Å². The number of hydrogen-bond donors (Lipinski definition) is 1. The Kier molecular flexibility index (Phi) is 4.63. The lowest BCUT2D eigenvalue weighted by Gasteiger charge is -2.18. The summed E-state index contributed by atoms with van der Waals surface area (Å²) in [5, 5.41) is 2.76. The Labute approximate surface area is 125 Å². The van der Waals surface area contributed by atoms with Crippen LogP contribution in [0.5, 0.6) is 0 Å². The summed E-state index contributed by atoms with van der Waals surface area (Å²) in [5.74, 6) is -0.565. The first-order valence-corrected chi connectivity index (χ1v) is 6.79. The monoisotopic (exact) mass is 315 g/mol. The molecule has 1 heterocycles. The summed E-state index contributed by atoms with van der Waals surface area (Å²) in [4.78, 5) is 11.8. The zero-order chi connectivity index (χ0) is 16.3. The summed E-state index contributed by atoms with van der Waals surface area (Å²) in [5.41, 5.74) is -0.857. The van der Waals surface area contributed by atoms with Gasteiger partial charge >= 0.3 is 12.1 Å². The highest BCUT2D eigenvalue weighted by atomic mass is 19.4. The molecule has 0 amide bonds. The highest BCUT2D eigenvalue weighted by Gasteiger charge is 2.36. The molecule has 1 aromatic rings. The van der Waals surface area contributed by atoms with Crippen LogP contribution in [0.2, 0.25) is 0 Å². The van der Waals surface area contributed by atoms with Gasteiger partial charge in [0.1, 0.15) is 5.76 Å². The highest BCUT2D eigenvalue weighted by Crippen LogP contribution is 2.39. The van der Waals surface area contributed by atoms with E-state index >= 15 is 0 Å². The van der Waals surface area contributed by atoms with Crippen LogP contribution in [0.15, 0.2) is 18.2 Å². The summed E-state index contributed by atoms with van der Waals surface area (Å²) in [6.07, 6.45) is -2.44. The first-order valence-electron chi connectivity index (χ1n) is 6.79. The van der Waals surface area contributed by atoms with E-state index in [4.69, 9.17) is 4.74 Å². The van der Waals surface area contributed by atoms with Gasteiger partial charge in [0.25, 0.3) is 0 Å². The maximum Gasteiger partial charge on any atom is 0.417 e. The van der Waals surface area contributed by atoms with E-state index in [-0.39, 0.29) is 22.6 Å². The van der Waals surface area contributed by atoms with Crippen LogP contribution in [0.4, 0.5) is 18.9 Å². The van der Waals surface area contributed by atoms with E-state index in [2.05, 4.69) is 10.1 Å². The van der Waals surface area contributed by atoms with Crippen LogP contribution in [0.25, 0.3) is 5.76 Å². The highest BCUT2D eigenvalue weighted by molar-refractivity contribution is 5.97. The smallest absolute Gasteiger partial charge is 0.417 e. The van der Waals surface area contributed by atoms with Crippen molar-refractivity contribution in [3.63, 3.8) is 0 Å². The normalized spacial score (nSPS) is 14.3. The van der Waals surface area contributed by atoms with Crippen molar-refractivity contribution in [1.82, 2.24) is 0 Å². The molecular formula is C15H16F3NO3. The summed E-state index contributed by atoms with van der Waals surface area (Å²) >= 11 is 0. The van der Waals surface area contributed by atoms with E-state index in [1.807, 2.05) is 0 Å². The molecular weight excluding hydrogens is 299 g/mol. The lowest BCUT2D eigenvalue weighted by atomic mass is 9.99. The van der Waals surface area contributed by atoms with Gasteiger partial charge in [0.05, 0.1) is 24.8 Å². The third kappa shape index (κ3) is 3.18. The number of esters is 1. The van der Waals surface area contributed by atoms with Gasteiger partial charge in [-0.05, 0) is 25.1 Å². The van der Waals surface area contributed by atoms with E-state index in [9.17, 15) is 18.0 Å². The van der Waals surface area contributed by atoms with Crippen LogP contribution in [-0.4, -0.2) is 26.2 Å². The molecule has 120 valence electrons. The standard InChI is InChI=1S/C15H16F3NO3/c1-3-19-12-8-11(15(16,17)18)9(13-5-4-6-22-13)7-10(12)14(20)21-2/h5,7-8,19H,3-4,6H2,1-2H3. The first kappa shape index (κ1) is 16.2. The second kappa shape index (κ2) is 6.29. The molecule has 0 saturated heterocycles. The zero-order valence-electron chi connectivity index (χ0n) is 12.2. The minimum atomic E-state index is -4.55. The molecule has 7 heteroatoms. The second-order valence-corrected chi connectivity index (χ2v) is 4.67. The molecule has 0 saturated carbocycles. The Morgan fingerprint density at radius 3 is 2.64 bits per heavy atom. The number of halogens is 3. The SMILES string of the molecule is CCNc1cc(C(F)(F)F)c(C2=CCCO2)cc1C(=O)OC. The van der Waals surface area contributed by atoms with Crippen LogP contribution in [-0.2, 0) is 15.7 Å². The Balaban J connectivity index is 2.66. The quantitative estimate of drug-likeness (QED) is 0.861. The Morgan fingerprint density at radius 2 is 2.14 bits per heavy atom. The number of ether oxygens (including phenoxy) is 2. The molecule has 1 aliphatic rings. The minimum Gasteiger partial charge on any atom is -0.493 e. The number of rotatable bonds is 4. The molecule has 1 aromatic carbocycles. The van der Waals surface area contributed by atoms with Crippen molar-refractivity contribution in [2.45, 2.75) is 19.5 Å². The van der Waals surface area contributed by atoms with Crippen molar-refractivity contribution in [1.29, 1.82) is 0 Å². The average molecular weight is 315 g/mol. The number of carbonyl (C=O) groups is 1.